The lowest BCUT2D eigenvalue weighted by atomic mass is 10.1. The first-order valence-electron chi connectivity index (χ1n) is 9.00. The Labute approximate surface area is 159 Å². The normalized spacial score (nSPS) is 17.0. The molecular formula is C21H24N2O4. The Kier molecular flexibility index (Phi) is 5.96. The summed E-state index contributed by atoms with van der Waals surface area (Å²) in [4.78, 5) is 28.5. The van der Waals surface area contributed by atoms with Gasteiger partial charge in [-0.3, -0.25) is 9.59 Å². The Morgan fingerprint density at radius 3 is 2.44 bits per heavy atom. The summed E-state index contributed by atoms with van der Waals surface area (Å²) in [7, 11) is 1.61. The van der Waals surface area contributed by atoms with Crippen LogP contribution in [0.25, 0.3) is 0 Å². The van der Waals surface area contributed by atoms with Crippen LogP contribution < -0.4 is 14.4 Å². The molecule has 27 heavy (non-hydrogen) atoms. The highest BCUT2D eigenvalue weighted by molar-refractivity contribution is 5.98. The fourth-order valence-corrected chi connectivity index (χ4v) is 3.11. The average Bonchev–Trinajstić information content (AvgIpc) is 2.70. The van der Waals surface area contributed by atoms with E-state index >= 15 is 0 Å². The number of ether oxygens (including phenoxy) is 2. The summed E-state index contributed by atoms with van der Waals surface area (Å²) >= 11 is 0. The largest absolute Gasteiger partial charge is 0.497 e. The minimum atomic E-state index is -0.0874. The van der Waals surface area contributed by atoms with Crippen molar-refractivity contribution >= 4 is 17.5 Å². The van der Waals surface area contributed by atoms with Gasteiger partial charge < -0.3 is 19.3 Å². The van der Waals surface area contributed by atoms with E-state index in [0.717, 1.165) is 17.2 Å². The van der Waals surface area contributed by atoms with Crippen LogP contribution in [0.3, 0.4) is 0 Å². The molecule has 0 aromatic heterocycles. The maximum Gasteiger partial charge on any atom is 0.246 e. The number of anilines is 1. The zero-order chi connectivity index (χ0) is 19.2. The zero-order valence-corrected chi connectivity index (χ0v) is 15.6. The summed E-state index contributed by atoms with van der Waals surface area (Å²) in [6.07, 6.45) is 0.245. The first-order valence-corrected chi connectivity index (χ1v) is 9.00. The fraction of sp³-hybridized carbons (Fsp3) is 0.333. The van der Waals surface area contributed by atoms with Crippen LogP contribution in [0.4, 0.5) is 5.69 Å². The molecule has 142 valence electrons. The molecule has 1 aliphatic rings. The second-order valence-electron chi connectivity index (χ2n) is 6.48. The molecule has 1 atom stereocenters. The monoisotopic (exact) mass is 368 g/mol. The lowest BCUT2D eigenvalue weighted by molar-refractivity contribution is -0.139. The van der Waals surface area contributed by atoms with Crippen molar-refractivity contribution in [2.45, 2.75) is 19.4 Å². The van der Waals surface area contributed by atoms with E-state index in [1.54, 1.807) is 16.9 Å². The van der Waals surface area contributed by atoms with Crippen LogP contribution in [-0.4, -0.2) is 49.6 Å². The number of hydrogen-bond donors (Lipinski definition) is 0. The Balaban J connectivity index is 1.55. The van der Waals surface area contributed by atoms with Gasteiger partial charge in [0.25, 0.3) is 0 Å². The maximum absolute atomic E-state index is 12.6. The predicted octanol–water partition coefficient (Wildman–Crippen LogP) is 2.73. The molecule has 0 spiro atoms. The highest BCUT2D eigenvalue weighted by Gasteiger charge is 2.32. The number of benzene rings is 2. The molecule has 1 heterocycles. The average molecular weight is 368 g/mol. The highest BCUT2D eigenvalue weighted by Crippen LogP contribution is 2.23. The van der Waals surface area contributed by atoms with Crippen LogP contribution in [0.5, 0.6) is 11.5 Å². The molecule has 1 unspecified atom stereocenters. The molecule has 3 rings (SSSR count). The fourth-order valence-electron chi connectivity index (χ4n) is 3.11. The molecule has 1 fully saturated rings. The van der Waals surface area contributed by atoms with Crippen LogP contribution in [0.15, 0.2) is 54.6 Å². The van der Waals surface area contributed by atoms with Gasteiger partial charge in [0.05, 0.1) is 20.1 Å². The summed E-state index contributed by atoms with van der Waals surface area (Å²) in [6.45, 7) is 2.80. The third kappa shape index (κ3) is 4.58. The quantitative estimate of drug-likeness (QED) is 0.787. The Hall–Kier alpha value is -3.02. The van der Waals surface area contributed by atoms with Gasteiger partial charge in [-0.15, -0.1) is 0 Å². The van der Waals surface area contributed by atoms with Crippen molar-refractivity contribution < 1.29 is 19.1 Å². The number of nitrogens with zero attached hydrogens (tertiary/aromatic N) is 2. The lowest BCUT2D eigenvalue weighted by Gasteiger charge is -2.39. The summed E-state index contributed by atoms with van der Waals surface area (Å²) in [6, 6.07) is 16.7. The van der Waals surface area contributed by atoms with Gasteiger partial charge in [0.2, 0.25) is 11.8 Å². The van der Waals surface area contributed by atoms with E-state index < -0.39 is 0 Å². The number of para-hydroxylation sites is 1. The molecule has 1 aliphatic heterocycles. The number of amides is 2. The maximum atomic E-state index is 12.6. The van der Waals surface area contributed by atoms with Gasteiger partial charge in [-0.05, 0) is 43.3 Å². The van der Waals surface area contributed by atoms with Crippen molar-refractivity contribution in [2.75, 3.05) is 31.7 Å². The first kappa shape index (κ1) is 18.8. The van der Waals surface area contributed by atoms with Crippen molar-refractivity contribution in [2.24, 2.45) is 0 Å². The van der Waals surface area contributed by atoms with E-state index in [-0.39, 0.29) is 30.8 Å². The second kappa shape index (κ2) is 8.58. The second-order valence-corrected chi connectivity index (χ2v) is 6.48. The summed E-state index contributed by atoms with van der Waals surface area (Å²) in [5.74, 6) is 1.32. The van der Waals surface area contributed by atoms with Gasteiger partial charge in [-0.25, -0.2) is 0 Å². The van der Waals surface area contributed by atoms with Crippen molar-refractivity contribution in [1.82, 2.24) is 4.90 Å². The Bertz CT molecular complexity index is 777. The number of carbonyl (C=O) groups excluding carboxylic acids is 2. The molecule has 0 N–H and O–H groups in total. The molecule has 6 heteroatoms. The van der Waals surface area contributed by atoms with Gasteiger partial charge in [0.15, 0.2) is 0 Å². The molecule has 1 saturated heterocycles. The van der Waals surface area contributed by atoms with Gasteiger partial charge >= 0.3 is 0 Å². The summed E-state index contributed by atoms with van der Waals surface area (Å²) in [5.41, 5.74) is 0.812. The Morgan fingerprint density at radius 1 is 1.07 bits per heavy atom. The van der Waals surface area contributed by atoms with E-state index in [0.29, 0.717) is 13.2 Å². The van der Waals surface area contributed by atoms with E-state index in [1.807, 2.05) is 61.5 Å². The Morgan fingerprint density at radius 2 is 1.78 bits per heavy atom. The van der Waals surface area contributed by atoms with Crippen LogP contribution >= 0.6 is 0 Å². The van der Waals surface area contributed by atoms with Gasteiger partial charge in [-0.1, -0.05) is 18.2 Å². The van der Waals surface area contributed by atoms with E-state index in [9.17, 15) is 9.59 Å². The third-order valence-corrected chi connectivity index (χ3v) is 4.62. The molecule has 2 aromatic rings. The topological polar surface area (TPSA) is 59.1 Å². The SMILES string of the molecule is COc1ccc(N2CC(C)N(C(=O)CCOc3ccccc3)CC2=O)cc1. The van der Waals surface area contributed by atoms with Crippen LogP contribution in [0.2, 0.25) is 0 Å². The van der Waals surface area contributed by atoms with Gasteiger partial charge in [0.1, 0.15) is 18.0 Å². The number of methoxy groups -OCH3 is 1. The molecule has 0 saturated carbocycles. The third-order valence-electron chi connectivity index (χ3n) is 4.62. The van der Waals surface area contributed by atoms with Crippen molar-refractivity contribution in [3.05, 3.63) is 54.6 Å². The standard InChI is InChI=1S/C21H24N2O4/c1-16-14-23(17-8-10-18(26-2)11-9-17)21(25)15-22(16)20(24)12-13-27-19-6-4-3-5-7-19/h3-11,16H,12-15H2,1-2H3. The molecular weight excluding hydrogens is 344 g/mol. The molecule has 0 aliphatic carbocycles. The van der Waals surface area contributed by atoms with Crippen molar-refractivity contribution in [1.29, 1.82) is 0 Å². The molecule has 2 amide bonds. The number of hydrogen-bond acceptors (Lipinski definition) is 4. The minimum absolute atomic E-state index is 0.0611. The van der Waals surface area contributed by atoms with E-state index in [2.05, 4.69) is 0 Å². The first-order chi connectivity index (χ1) is 13.1. The van der Waals surface area contributed by atoms with Gasteiger partial charge in [0, 0.05) is 18.3 Å². The highest BCUT2D eigenvalue weighted by atomic mass is 16.5. The smallest absolute Gasteiger partial charge is 0.246 e. The summed E-state index contributed by atoms with van der Waals surface area (Å²) < 4.78 is 10.7. The van der Waals surface area contributed by atoms with Crippen LogP contribution in [-0.2, 0) is 9.59 Å². The molecule has 0 bridgehead atoms. The number of rotatable bonds is 6. The molecule has 2 aromatic carbocycles. The van der Waals surface area contributed by atoms with Crippen molar-refractivity contribution in [3.63, 3.8) is 0 Å². The number of piperazine rings is 1. The van der Waals surface area contributed by atoms with Crippen molar-refractivity contribution in [3.8, 4) is 11.5 Å². The van der Waals surface area contributed by atoms with Crippen LogP contribution in [0, 0.1) is 0 Å². The minimum Gasteiger partial charge on any atom is -0.497 e. The van der Waals surface area contributed by atoms with Gasteiger partial charge in [-0.2, -0.15) is 0 Å². The molecule has 6 nitrogen and oxygen atoms in total. The lowest BCUT2D eigenvalue weighted by Crippen LogP contribution is -2.57. The predicted molar refractivity (Wildman–Crippen MR) is 103 cm³/mol. The molecule has 0 radical (unpaired) electrons. The van der Waals surface area contributed by atoms with Crippen LogP contribution in [0.1, 0.15) is 13.3 Å². The number of carbonyl (C=O) groups is 2. The van der Waals surface area contributed by atoms with E-state index in [4.69, 9.17) is 9.47 Å². The zero-order valence-electron chi connectivity index (χ0n) is 15.6. The van der Waals surface area contributed by atoms with E-state index in [1.165, 1.54) is 0 Å². The summed E-state index contributed by atoms with van der Waals surface area (Å²) in [5, 5.41) is 0.